The fourth-order valence-electron chi connectivity index (χ4n) is 6.07. The van der Waals surface area contributed by atoms with Crippen LogP contribution in [0.1, 0.15) is 59.9 Å². The lowest BCUT2D eigenvalue weighted by Crippen LogP contribution is -2.71. The molecule has 11 heteroatoms. The Morgan fingerprint density at radius 1 is 1.00 bits per heavy atom. The number of hydrogen-bond donors (Lipinski definition) is 1. The lowest BCUT2D eigenvalue weighted by atomic mass is 9.80. The van der Waals surface area contributed by atoms with E-state index in [1.165, 1.54) is 9.80 Å². The number of carbonyl (C=O) groups excluding carboxylic acids is 5. The average Bonchev–Trinajstić information content (AvgIpc) is 3.44. The van der Waals surface area contributed by atoms with E-state index in [2.05, 4.69) is 5.32 Å². The van der Waals surface area contributed by atoms with E-state index in [1.807, 2.05) is 30.3 Å². The normalized spacial score (nSPS) is 27.0. The van der Waals surface area contributed by atoms with Crippen LogP contribution in [0.2, 0.25) is 0 Å². The van der Waals surface area contributed by atoms with Gasteiger partial charge >= 0.3 is 12.1 Å². The Morgan fingerprint density at radius 3 is 2.20 bits per heavy atom. The monoisotopic (exact) mass is 571 g/mol. The van der Waals surface area contributed by atoms with Gasteiger partial charge in [0.05, 0.1) is 19.1 Å². The Bertz CT molecular complexity index is 1200. The number of amides is 3. The van der Waals surface area contributed by atoms with Crippen LogP contribution >= 0.6 is 0 Å². The number of piperidine rings is 1. The quantitative estimate of drug-likeness (QED) is 0.372. The molecule has 3 amide bonds. The van der Waals surface area contributed by atoms with Gasteiger partial charge in [-0.15, -0.1) is 0 Å². The fraction of sp³-hybridized carbons (Fsp3) is 0.633. The van der Waals surface area contributed by atoms with Gasteiger partial charge in [0.2, 0.25) is 0 Å². The topological polar surface area (TPSA) is 132 Å². The van der Waals surface area contributed by atoms with Gasteiger partial charge in [-0.25, -0.2) is 4.79 Å². The maximum atomic E-state index is 14.3. The summed E-state index contributed by atoms with van der Waals surface area (Å²) in [6.45, 7) is 11.6. The van der Waals surface area contributed by atoms with Gasteiger partial charge < -0.3 is 29.3 Å². The molecule has 4 rings (SSSR count). The van der Waals surface area contributed by atoms with Gasteiger partial charge in [0.1, 0.15) is 5.60 Å². The fourth-order valence-corrected chi connectivity index (χ4v) is 6.07. The van der Waals surface area contributed by atoms with Gasteiger partial charge in [-0.2, -0.15) is 0 Å². The third-order valence-corrected chi connectivity index (χ3v) is 8.24. The summed E-state index contributed by atoms with van der Waals surface area (Å²) in [5, 5.41) is 2.76. The average molecular weight is 572 g/mol. The lowest BCUT2D eigenvalue weighted by Gasteiger charge is -2.43. The molecule has 1 N–H and O–H groups in total. The van der Waals surface area contributed by atoms with Crippen molar-refractivity contribution in [1.29, 1.82) is 0 Å². The number of nitrogens with one attached hydrogen (secondary N) is 1. The molecule has 3 aliphatic rings. The van der Waals surface area contributed by atoms with Crippen molar-refractivity contribution < 1.29 is 38.2 Å². The Hall–Kier alpha value is -3.47. The highest BCUT2D eigenvalue weighted by Gasteiger charge is 2.85. The molecule has 1 aliphatic carbocycles. The standard InChI is InChI=1S/C30H41N3O8/c1-7-39-26(38)33-17-15-32(16-18-33)25(37)29(14-13-21(34)41-27(2,3)4)23(35)22-28(5,6)30(22,24(36)31-29)40-19-20-11-9-8-10-12-20/h8-12,22H,7,13-19H2,1-6H3,(H,31,36)/t22?,29?,30-/m1/s1. The number of Topliss-reactive ketones (excluding diaryl/α,β-unsaturated/α-hetero) is 1. The first-order chi connectivity index (χ1) is 19.2. The van der Waals surface area contributed by atoms with Crippen LogP contribution in [-0.4, -0.2) is 89.0 Å². The predicted octanol–water partition coefficient (Wildman–Crippen LogP) is 2.46. The molecule has 224 valence electrons. The number of carbonyl (C=O) groups is 5. The molecule has 2 heterocycles. The summed E-state index contributed by atoms with van der Waals surface area (Å²) >= 11 is 0. The number of benzene rings is 1. The molecule has 11 nitrogen and oxygen atoms in total. The van der Waals surface area contributed by atoms with Crippen LogP contribution in [0.4, 0.5) is 4.79 Å². The van der Waals surface area contributed by atoms with Gasteiger partial charge in [0.25, 0.3) is 11.8 Å². The highest BCUT2D eigenvalue weighted by molar-refractivity contribution is 6.22. The molecule has 0 spiro atoms. The molecule has 2 saturated heterocycles. The van der Waals surface area contributed by atoms with E-state index in [-0.39, 0.29) is 52.2 Å². The Morgan fingerprint density at radius 2 is 1.61 bits per heavy atom. The molecule has 0 bridgehead atoms. The zero-order valence-corrected chi connectivity index (χ0v) is 24.8. The summed E-state index contributed by atoms with van der Waals surface area (Å²) in [4.78, 5) is 70.2. The van der Waals surface area contributed by atoms with E-state index >= 15 is 0 Å². The summed E-state index contributed by atoms with van der Waals surface area (Å²) in [7, 11) is 0. The lowest BCUT2D eigenvalue weighted by molar-refractivity contribution is -0.163. The Labute approximate surface area is 240 Å². The summed E-state index contributed by atoms with van der Waals surface area (Å²) in [5.74, 6) is -3.08. The van der Waals surface area contributed by atoms with E-state index < -0.39 is 57.7 Å². The summed E-state index contributed by atoms with van der Waals surface area (Å²) in [6, 6.07) is 9.34. The van der Waals surface area contributed by atoms with Crippen LogP contribution in [0.3, 0.4) is 0 Å². The van der Waals surface area contributed by atoms with Crippen LogP contribution in [0.15, 0.2) is 30.3 Å². The number of ether oxygens (including phenoxy) is 3. The number of rotatable bonds is 8. The van der Waals surface area contributed by atoms with Crippen LogP contribution < -0.4 is 5.32 Å². The molecule has 3 fully saturated rings. The van der Waals surface area contributed by atoms with E-state index in [0.717, 1.165) is 5.56 Å². The van der Waals surface area contributed by atoms with Crippen molar-refractivity contribution in [2.75, 3.05) is 32.8 Å². The number of nitrogens with zero attached hydrogens (tertiary/aromatic N) is 2. The highest BCUT2D eigenvalue weighted by Crippen LogP contribution is 2.67. The molecule has 2 aliphatic heterocycles. The second kappa shape index (κ2) is 11.1. The van der Waals surface area contributed by atoms with Crippen molar-refractivity contribution >= 4 is 29.7 Å². The first kappa shape index (κ1) is 30.5. The van der Waals surface area contributed by atoms with Gasteiger partial charge in [-0.1, -0.05) is 44.2 Å². The van der Waals surface area contributed by atoms with Crippen molar-refractivity contribution in [3.05, 3.63) is 35.9 Å². The maximum absolute atomic E-state index is 14.3. The molecule has 1 aromatic carbocycles. The van der Waals surface area contributed by atoms with Gasteiger partial charge in [-0.3, -0.25) is 19.2 Å². The zero-order valence-electron chi connectivity index (χ0n) is 24.8. The molecule has 0 aromatic heterocycles. The van der Waals surface area contributed by atoms with E-state index in [1.54, 1.807) is 41.5 Å². The summed E-state index contributed by atoms with van der Waals surface area (Å²) in [6.07, 6.45) is -0.963. The number of hydrogen-bond acceptors (Lipinski definition) is 8. The third-order valence-electron chi connectivity index (χ3n) is 8.24. The van der Waals surface area contributed by atoms with Crippen LogP contribution in [0.25, 0.3) is 0 Å². The second-order valence-corrected chi connectivity index (χ2v) is 12.5. The zero-order chi connectivity index (χ0) is 30.2. The van der Waals surface area contributed by atoms with E-state index in [0.29, 0.717) is 0 Å². The van der Waals surface area contributed by atoms with Crippen molar-refractivity contribution in [3.8, 4) is 0 Å². The minimum absolute atomic E-state index is 0.121. The Kier molecular flexibility index (Phi) is 8.23. The molecule has 0 radical (unpaired) electrons. The summed E-state index contributed by atoms with van der Waals surface area (Å²) in [5.41, 5.74) is -4.17. The predicted molar refractivity (Wildman–Crippen MR) is 147 cm³/mol. The molecule has 41 heavy (non-hydrogen) atoms. The second-order valence-electron chi connectivity index (χ2n) is 12.5. The largest absolute Gasteiger partial charge is 0.460 e. The first-order valence-electron chi connectivity index (χ1n) is 14.2. The molecular weight excluding hydrogens is 530 g/mol. The van der Waals surface area contributed by atoms with Crippen molar-refractivity contribution in [3.63, 3.8) is 0 Å². The molecule has 1 saturated carbocycles. The minimum Gasteiger partial charge on any atom is -0.460 e. The van der Waals surface area contributed by atoms with Crippen molar-refractivity contribution in [1.82, 2.24) is 15.1 Å². The minimum atomic E-state index is -1.96. The summed E-state index contributed by atoms with van der Waals surface area (Å²) < 4.78 is 16.7. The number of fused-ring (bicyclic) bond motifs is 1. The van der Waals surface area contributed by atoms with Gasteiger partial charge in [0.15, 0.2) is 16.9 Å². The van der Waals surface area contributed by atoms with Crippen LogP contribution in [-0.2, 0) is 40.0 Å². The van der Waals surface area contributed by atoms with Crippen LogP contribution in [0, 0.1) is 11.3 Å². The first-order valence-corrected chi connectivity index (χ1v) is 14.2. The third kappa shape index (κ3) is 5.56. The van der Waals surface area contributed by atoms with Crippen molar-refractivity contribution in [2.24, 2.45) is 11.3 Å². The maximum Gasteiger partial charge on any atom is 0.409 e. The number of ketones is 1. The molecule has 2 unspecified atom stereocenters. The molecule has 1 aromatic rings. The number of piperazine rings is 1. The SMILES string of the molecule is CCOC(=O)N1CCN(C(=O)C2(CCC(=O)OC(C)(C)C)NC(=O)[C@]3(OCc4ccccc4)C(C2=O)C3(C)C)CC1. The van der Waals surface area contributed by atoms with Crippen LogP contribution in [0.5, 0.6) is 0 Å². The van der Waals surface area contributed by atoms with E-state index in [4.69, 9.17) is 14.2 Å². The highest BCUT2D eigenvalue weighted by atomic mass is 16.6. The number of esters is 1. The smallest absolute Gasteiger partial charge is 0.409 e. The molecule has 3 atom stereocenters. The van der Waals surface area contributed by atoms with E-state index in [9.17, 15) is 24.0 Å². The van der Waals surface area contributed by atoms with Crippen molar-refractivity contribution in [2.45, 2.75) is 77.7 Å². The van der Waals surface area contributed by atoms with Gasteiger partial charge in [-0.05, 0) is 39.7 Å². The Balaban J connectivity index is 1.59. The van der Waals surface area contributed by atoms with Gasteiger partial charge in [0, 0.05) is 38.0 Å². The molecular formula is C30H41N3O8.